The minimum Gasteiger partial charge on any atom is -0.311 e. The van der Waals surface area contributed by atoms with Gasteiger partial charge in [0.05, 0.1) is 24.1 Å². The van der Waals surface area contributed by atoms with Gasteiger partial charge in [-0.05, 0) is 38.5 Å². The molecule has 0 fully saturated rings. The summed E-state index contributed by atoms with van der Waals surface area (Å²) in [6, 6.07) is 13.1. The minimum absolute atomic E-state index is 1.20. The molecule has 0 aliphatic heterocycles. The second kappa shape index (κ2) is 4.72. The first-order valence-electron chi connectivity index (χ1n) is 8.02. The van der Waals surface area contributed by atoms with Gasteiger partial charge in [0.2, 0.25) is 5.65 Å². The highest BCUT2D eigenvalue weighted by Gasteiger charge is 2.26. The average Bonchev–Trinajstić information content (AvgIpc) is 2.97. The van der Waals surface area contributed by atoms with Crippen molar-refractivity contribution in [2.24, 2.45) is 14.1 Å². The van der Waals surface area contributed by atoms with Crippen LogP contribution in [-0.2, 0) is 14.1 Å². The summed E-state index contributed by atoms with van der Waals surface area (Å²) in [5, 5.41) is 2.70. The molecule has 4 rings (SSSR count). The van der Waals surface area contributed by atoms with Crippen molar-refractivity contribution in [3.8, 4) is 5.82 Å². The van der Waals surface area contributed by atoms with Crippen molar-refractivity contribution >= 4 is 21.9 Å². The number of para-hydroxylation sites is 1. The average molecular weight is 304 g/mol. The molecule has 0 N–H and O–H groups in total. The zero-order valence-electron chi connectivity index (χ0n) is 14.4. The highest BCUT2D eigenvalue weighted by atomic mass is 15.2. The van der Waals surface area contributed by atoms with Crippen molar-refractivity contribution in [1.82, 2.24) is 9.13 Å². The third kappa shape index (κ3) is 1.79. The maximum atomic E-state index is 2.39. The molecule has 3 nitrogen and oxygen atoms in total. The lowest BCUT2D eigenvalue weighted by Crippen LogP contribution is -2.34. The number of nitrogens with zero attached hydrogens (tertiary/aromatic N) is 3. The van der Waals surface area contributed by atoms with E-state index < -0.39 is 0 Å². The van der Waals surface area contributed by atoms with Gasteiger partial charge in [-0.25, -0.2) is 4.57 Å². The van der Waals surface area contributed by atoms with Crippen LogP contribution in [0.1, 0.15) is 16.8 Å². The number of hydrogen-bond donors (Lipinski definition) is 0. The van der Waals surface area contributed by atoms with E-state index in [1.54, 1.807) is 0 Å². The Hall–Kier alpha value is -2.55. The molecule has 0 saturated carbocycles. The predicted octanol–water partition coefficient (Wildman–Crippen LogP) is 3.87. The van der Waals surface area contributed by atoms with E-state index in [-0.39, 0.29) is 0 Å². The van der Waals surface area contributed by atoms with Crippen LogP contribution in [0.15, 0.2) is 42.6 Å². The second-order valence-electron chi connectivity index (χ2n) is 6.49. The Bertz CT molecular complexity index is 1060. The topological polar surface area (TPSA) is 13.7 Å². The number of hydrogen-bond acceptors (Lipinski definition) is 0. The van der Waals surface area contributed by atoms with E-state index in [9.17, 15) is 0 Å². The Morgan fingerprint density at radius 1 is 1.00 bits per heavy atom. The zero-order chi connectivity index (χ0) is 16.3. The lowest BCUT2D eigenvalue weighted by Gasteiger charge is -2.07. The summed E-state index contributed by atoms with van der Waals surface area (Å²) in [6.07, 6.45) is 2.13. The van der Waals surface area contributed by atoms with Crippen molar-refractivity contribution < 1.29 is 4.57 Å². The third-order valence-electron chi connectivity index (χ3n) is 5.05. The van der Waals surface area contributed by atoms with Gasteiger partial charge in [-0.3, -0.25) is 0 Å². The lowest BCUT2D eigenvalue weighted by atomic mass is 10.1. The van der Waals surface area contributed by atoms with Crippen LogP contribution < -0.4 is 4.57 Å². The Labute approximate surface area is 136 Å². The predicted molar refractivity (Wildman–Crippen MR) is 95.1 cm³/mol. The van der Waals surface area contributed by atoms with Gasteiger partial charge in [0, 0.05) is 24.1 Å². The Balaban J connectivity index is 2.24. The number of benzene rings is 1. The van der Waals surface area contributed by atoms with Crippen LogP contribution in [0.3, 0.4) is 0 Å². The monoisotopic (exact) mass is 304 g/mol. The van der Waals surface area contributed by atoms with Gasteiger partial charge in [0.25, 0.3) is 5.82 Å². The fourth-order valence-corrected chi connectivity index (χ4v) is 3.68. The number of aromatic nitrogens is 3. The highest BCUT2D eigenvalue weighted by molar-refractivity contribution is 6.09. The van der Waals surface area contributed by atoms with E-state index in [0.717, 1.165) is 0 Å². The Morgan fingerprint density at radius 2 is 1.74 bits per heavy atom. The van der Waals surface area contributed by atoms with Crippen LogP contribution in [0.5, 0.6) is 0 Å². The molecule has 3 heterocycles. The molecule has 0 radical (unpaired) electrons. The Kier molecular flexibility index (Phi) is 2.89. The van der Waals surface area contributed by atoms with Gasteiger partial charge in [-0.2, -0.15) is 4.57 Å². The summed E-state index contributed by atoms with van der Waals surface area (Å²) in [4.78, 5) is 0. The minimum atomic E-state index is 1.20. The number of aryl methyl sites for hydroxylation is 4. The third-order valence-corrected chi connectivity index (χ3v) is 5.05. The van der Waals surface area contributed by atoms with Crippen LogP contribution in [-0.4, -0.2) is 9.13 Å². The molecule has 116 valence electrons. The van der Waals surface area contributed by atoms with E-state index in [1.165, 1.54) is 44.6 Å². The van der Waals surface area contributed by atoms with E-state index in [1.807, 2.05) is 0 Å². The summed E-state index contributed by atoms with van der Waals surface area (Å²) in [5.41, 5.74) is 6.48. The summed E-state index contributed by atoms with van der Waals surface area (Å²) in [6.45, 7) is 6.59. The molecular weight excluding hydrogens is 282 g/mol. The van der Waals surface area contributed by atoms with E-state index in [2.05, 4.69) is 91.2 Å². The first-order valence-corrected chi connectivity index (χ1v) is 8.02. The summed E-state index contributed by atoms with van der Waals surface area (Å²) in [7, 11) is 4.27. The molecule has 0 atom stereocenters. The zero-order valence-corrected chi connectivity index (χ0v) is 14.4. The molecule has 0 unspecified atom stereocenters. The molecule has 4 aromatic rings. The summed E-state index contributed by atoms with van der Waals surface area (Å²) in [5.74, 6) is 1.20. The largest absolute Gasteiger partial charge is 0.311 e. The quantitative estimate of drug-likeness (QED) is 0.474. The van der Waals surface area contributed by atoms with Crippen molar-refractivity contribution in [2.75, 3.05) is 0 Å². The van der Waals surface area contributed by atoms with E-state index in [0.29, 0.717) is 0 Å². The first kappa shape index (κ1) is 14.1. The standard InChI is InChI=1S/C20H22N3/c1-13-10-11-21(4)18(12-13)23-15(3)14(2)19-16-8-6-7-9-17(16)22(5)20(19)23/h6-12H,1-5H3/q+1. The SMILES string of the molecule is Cc1cc[n+](C)c(-n2c(C)c(C)c3c4ccccc4n(C)c32)c1. The molecule has 23 heavy (non-hydrogen) atoms. The first-order chi connectivity index (χ1) is 11.0. The van der Waals surface area contributed by atoms with Gasteiger partial charge in [-0.1, -0.05) is 18.2 Å². The molecular formula is C20H22N3+. The molecule has 0 aliphatic carbocycles. The van der Waals surface area contributed by atoms with Crippen molar-refractivity contribution in [3.63, 3.8) is 0 Å². The molecule has 0 spiro atoms. The van der Waals surface area contributed by atoms with Crippen LogP contribution in [0.2, 0.25) is 0 Å². The molecule has 1 aromatic carbocycles. The van der Waals surface area contributed by atoms with Crippen molar-refractivity contribution in [3.05, 3.63) is 59.4 Å². The lowest BCUT2D eigenvalue weighted by molar-refractivity contribution is -0.665. The fraction of sp³-hybridized carbons (Fsp3) is 0.250. The van der Waals surface area contributed by atoms with Gasteiger partial charge >= 0.3 is 0 Å². The molecule has 0 aliphatic rings. The van der Waals surface area contributed by atoms with Crippen LogP contribution in [0.25, 0.3) is 27.8 Å². The summed E-state index contributed by atoms with van der Waals surface area (Å²) < 4.78 is 6.89. The van der Waals surface area contributed by atoms with Gasteiger partial charge < -0.3 is 4.57 Å². The molecule has 0 bridgehead atoms. The second-order valence-corrected chi connectivity index (χ2v) is 6.49. The number of rotatable bonds is 1. The fourth-order valence-electron chi connectivity index (χ4n) is 3.68. The Morgan fingerprint density at radius 3 is 2.52 bits per heavy atom. The smallest absolute Gasteiger partial charge is 0.287 e. The molecule has 0 amide bonds. The maximum Gasteiger partial charge on any atom is 0.287 e. The van der Waals surface area contributed by atoms with E-state index in [4.69, 9.17) is 0 Å². The number of pyridine rings is 1. The number of fused-ring (bicyclic) bond motifs is 3. The van der Waals surface area contributed by atoms with Crippen molar-refractivity contribution in [2.45, 2.75) is 20.8 Å². The van der Waals surface area contributed by atoms with Crippen LogP contribution >= 0.6 is 0 Å². The highest BCUT2D eigenvalue weighted by Crippen LogP contribution is 2.35. The van der Waals surface area contributed by atoms with Gasteiger partial charge in [0.15, 0.2) is 0 Å². The maximum absolute atomic E-state index is 2.39. The van der Waals surface area contributed by atoms with E-state index >= 15 is 0 Å². The van der Waals surface area contributed by atoms with Gasteiger partial charge in [0.1, 0.15) is 5.69 Å². The molecule has 3 heteroatoms. The summed E-state index contributed by atoms with van der Waals surface area (Å²) >= 11 is 0. The molecule has 0 saturated heterocycles. The van der Waals surface area contributed by atoms with Gasteiger partial charge in [-0.15, -0.1) is 0 Å². The normalized spacial score (nSPS) is 11.7. The molecule has 3 aromatic heterocycles. The van der Waals surface area contributed by atoms with Crippen LogP contribution in [0.4, 0.5) is 0 Å². The van der Waals surface area contributed by atoms with Crippen LogP contribution in [0, 0.1) is 20.8 Å². The van der Waals surface area contributed by atoms with Crippen molar-refractivity contribution in [1.29, 1.82) is 0 Å².